The van der Waals surface area contributed by atoms with Gasteiger partial charge in [0.15, 0.2) is 0 Å². The summed E-state index contributed by atoms with van der Waals surface area (Å²) in [5, 5.41) is 2.52. The lowest BCUT2D eigenvalue weighted by molar-refractivity contribution is -0.646. The van der Waals surface area contributed by atoms with Crippen LogP contribution in [-0.4, -0.2) is 13.7 Å². The summed E-state index contributed by atoms with van der Waals surface area (Å²) < 4.78 is 7.91. The van der Waals surface area contributed by atoms with Gasteiger partial charge in [0.2, 0.25) is 11.2 Å². The van der Waals surface area contributed by atoms with Crippen LogP contribution in [-0.2, 0) is 7.05 Å². The third kappa shape index (κ3) is 2.84. The van der Waals surface area contributed by atoms with Gasteiger partial charge in [-0.25, -0.2) is 0 Å². The van der Waals surface area contributed by atoms with Crippen molar-refractivity contribution >= 4 is 34.4 Å². The number of aryl methyl sites for hydroxylation is 2. The zero-order valence-corrected chi connectivity index (χ0v) is 16.4. The van der Waals surface area contributed by atoms with E-state index in [9.17, 15) is 0 Å². The minimum atomic E-state index is 0.689. The van der Waals surface area contributed by atoms with Crippen molar-refractivity contribution in [2.24, 2.45) is 7.05 Å². The number of nitrogens with zero attached hydrogens (tertiary/aromatic N) is 2. The average molecular weight is 364 g/mol. The van der Waals surface area contributed by atoms with Crippen LogP contribution in [0.15, 0.2) is 58.5 Å². The second-order valence-corrected chi connectivity index (χ2v) is 7.60. The molecule has 0 atom stereocenters. The Bertz CT molecular complexity index is 1030. The molecule has 0 saturated heterocycles. The molecule has 3 nitrogen and oxygen atoms in total. The van der Waals surface area contributed by atoms with Crippen molar-refractivity contribution in [3.8, 4) is 5.75 Å². The van der Waals surface area contributed by atoms with Crippen molar-refractivity contribution in [1.82, 2.24) is 0 Å². The molecule has 2 aromatic carbocycles. The van der Waals surface area contributed by atoms with Crippen molar-refractivity contribution in [2.75, 3.05) is 18.6 Å². The fraction of sp³-hybridized carbons (Fsp3) is 0.227. The highest BCUT2D eigenvalue weighted by atomic mass is 32.2. The van der Waals surface area contributed by atoms with Gasteiger partial charge in [-0.15, -0.1) is 0 Å². The van der Waals surface area contributed by atoms with Gasteiger partial charge in [0.05, 0.1) is 17.3 Å². The molecule has 4 rings (SSSR count). The Kier molecular flexibility index (Phi) is 4.37. The van der Waals surface area contributed by atoms with E-state index in [-0.39, 0.29) is 0 Å². The largest absolute Gasteiger partial charge is 0.494 e. The molecule has 0 N–H and O–H groups in total. The van der Waals surface area contributed by atoms with Gasteiger partial charge in [-0.2, -0.15) is 4.57 Å². The van der Waals surface area contributed by atoms with Crippen molar-refractivity contribution in [3.05, 3.63) is 64.8 Å². The van der Waals surface area contributed by atoms with Gasteiger partial charge in [0.25, 0.3) is 0 Å². The van der Waals surface area contributed by atoms with Gasteiger partial charge in [0.1, 0.15) is 12.8 Å². The number of para-hydroxylation sites is 1. The summed E-state index contributed by atoms with van der Waals surface area (Å²) >= 11 is 1.79. The Morgan fingerprint density at radius 2 is 1.96 bits per heavy atom. The Hall–Kier alpha value is -2.46. The van der Waals surface area contributed by atoms with Crippen LogP contribution in [0.1, 0.15) is 18.2 Å². The van der Waals surface area contributed by atoms with Crippen molar-refractivity contribution in [3.63, 3.8) is 0 Å². The summed E-state index contributed by atoms with van der Waals surface area (Å²) in [5.74, 6) is 0.931. The number of hydrogen-bond acceptors (Lipinski definition) is 3. The summed E-state index contributed by atoms with van der Waals surface area (Å²) in [7, 11) is 4.26. The molecule has 0 unspecified atom stereocenters. The zero-order valence-electron chi connectivity index (χ0n) is 15.6. The highest BCUT2D eigenvalue weighted by Gasteiger charge is 2.24. The first-order chi connectivity index (χ1) is 12.6. The maximum absolute atomic E-state index is 5.65. The van der Waals surface area contributed by atoms with Crippen LogP contribution in [0, 0.1) is 6.92 Å². The maximum atomic E-state index is 5.65. The molecule has 0 fully saturated rings. The van der Waals surface area contributed by atoms with Crippen LogP contribution in [0.3, 0.4) is 0 Å². The van der Waals surface area contributed by atoms with Gasteiger partial charge in [0, 0.05) is 35.5 Å². The number of anilines is 1. The summed E-state index contributed by atoms with van der Waals surface area (Å²) in [6.45, 7) is 4.88. The monoisotopic (exact) mass is 363 g/mol. The van der Waals surface area contributed by atoms with Gasteiger partial charge in [-0.05, 0) is 43.7 Å². The first-order valence-electron chi connectivity index (χ1n) is 8.87. The molecule has 4 heteroatoms. The minimum Gasteiger partial charge on any atom is -0.494 e. The highest BCUT2D eigenvalue weighted by Crippen LogP contribution is 2.47. The lowest BCUT2D eigenvalue weighted by atomic mass is 10.1. The summed E-state index contributed by atoms with van der Waals surface area (Å²) in [5.41, 5.74) is 4.98. The molecule has 0 aliphatic carbocycles. The maximum Gasteiger partial charge on any atom is 0.212 e. The van der Waals surface area contributed by atoms with E-state index in [1.807, 2.05) is 13.0 Å². The smallest absolute Gasteiger partial charge is 0.212 e. The fourth-order valence-electron chi connectivity index (χ4n) is 3.44. The predicted octanol–water partition coefficient (Wildman–Crippen LogP) is 4.91. The Labute approximate surface area is 158 Å². The number of benzene rings is 2. The standard InChI is InChI=1S/C22H23N2OS/c1-5-25-17-10-11-20-21(14-17)26-22(24(20)4)13-16-12-15(2)18-8-6-7-9-19(18)23(16)3/h6-14H,5H2,1-4H3/q+1. The molecule has 0 amide bonds. The van der Waals surface area contributed by atoms with Gasteiger partial charge >= 0.3 is 0 Å². The number of fused-ring (bicyclic) bond motifs is 2. The topological polar surface area (TPSA) is 16.4 Å². The van der Waals surface area contributed by atoms with Gasteiger partial charge < -0.3 is 9.64 Å². The van der Waals surface area contributed by atoms with Crippen LogP contribution in [0.4, 0.5) is 5.69 Å². The molecular weight excluding hydrogens is 340 g/mol. The SMILES string of the molecule is CCOc1ccc2c(c1)S/C(=C\c1cc(C)c3ccccc3[n+]1C)N2C. The van der Waals surface area contributed by atoms with Crippen LogP contribution >= 0.6 is 11.8 Å². The van der Waals surface area contributed by atoms with Crippen molar-refractivity contribution in [1.29, 1.82) is 0 Å². The van der Waals surface area contributed by atoms with Crippen molar-refractivity contribution in [2.45, 2.75) is 18.7 Å². The van der Waals surface area contributed by atoms with E-state index in [4.69, 9.17) is 4.74 Å². The molecular formula is C22H23N2OS+. The van der Waals surface area contributed by atoms with E-state index in [0.29, 0.717) is 6.61 Å². The molecule has 1 aliphatic heterocycles. The number of thioether (sulfide) groups is 1. The van der Waals surface area contributed by atoms with E-state index in [1.54, 1.807) is 11.8 Å². The number of pyridine rings is 1. The highest BCUT2D eigenvalue weighted by molar-refractivity contribution is 8.03. The Morgan fingerprint density at radius 3 is 2.77 bits per heavy atom. The number of ether oxygens (including phenoxy) is 1. The lowest BCUT2D eigenvalue weighted by Crippen LogP contribution is -2.33. The lowest BCUT2D eigenvalue weighted by Gasteiger charge is -2.13. The third-order valence-corrected chi connectivity index (χ3v) is 6.01. The molecule has 0 spiro atoms. The molecule has 2 heterocycles. The third-order valence-electron chi connectivity index (χ3n) is 4.86. The molecule has 132 valence electrons. The molecule has 1 aromatic heterocycles. The first-order valence-corrected chi connectivity index (χ1v) is 9.68. The molecule has 1 aliphatic rings. The zero-order chi connectivity index (χ0) is 18.3. The number of aromatic nitrogens is 1. The van der Waals surface area contributed by atoms with Crippen LogP contribution in [0.25, 0.3) is 17.0 Å². The van der Waals surface area contributed by atoms with Gasteiger partial charge in [-0.1, -0.05) is 23.9 Å². The summed E-state index contributed by atoms with van der Waals surface area (Å²) in [6.07, 6.45) is 2.27. The van der Waals surface area contributed by atoms with E-state index >= 15 is 0 Å². The van der Waals surface area contributed by atoms with Crippen molar-refractivity contribution < 1.29 is 9.30 Å². The molecule has 3 aromatic rings. The molecule has 26 heavy (non-hydrogen) atoms. The van der Waals surface area contributed by atoms with Crippen LogP contribution in [0.5, 0.6) is 5.75 Å². The van der Waals surface area contributed by atoms with E-state index < -0.39 is 0 Å². The quantitative estimate of drug-likeness (QED) is 0.615. The Morgan fingerprint density at radius 1 is 1.15 bits per heavy atom. The molecule has 0 bridgehead atoms. The number of rotatable bonds is 3. The fourth-order valence-corrected chi connectivity index (χ4v) is 4.56. The van der Waals surface area contributed by atoms with E-state index in [0.717, 1.165) is 5.75 Å². The van der Waals surface area contributed by atoms with E-state index in [2.05, 4.69) is 79.0 Å². The second kappa shape index (κ2) is 6.69. The summed E-state index contributed by atoms with van der Waals surface area (Å²) in [6, 6.07) is 17.1. The first kappa shape index (κ1) is 17.0. The van der Waals surface area contributed by atoms with Crippen LogP contribution in [0.2, 0.25) is 0 Å². The molecule has 0 saturated carbocycles. The normalized spacial score (nSPS) is 14.9. The van der Waals surface area contributed by atoms with Gasteiger partial charge in [-0.3, -0.25) is 0 Å². The minimum absolute atomic E-state index is 0.689. The van der Waals surface area contributed by atoms with E-state index in [1.165, 1.54) is 37.8 Å². The Balaban J connectivity index is 1.75. The number of hydrogen-bond donors (Lipinski definition) is 0. The second-order valence-electron chi connectivity index (χ2n) is 6.53. The average Bonchev–Trinajstić information content (AvgIpc) is 2.95. The predicted molar refractivity (Wildman–Crippen MR) is 110 cm³/mol. The summed E-state index contributed by atoms with van der Waals surface area (Å²) in [4.78, 5) is 3.49. The van der Waals surface area contributed by atoms with Crippen LogP contribution < -0.4 is 14.2 Å². The molecule has 0 radical (unpaired) electrons.